The van der Waals surface area contributed by atoms with Gasteiger partial charge in [-0.15, -0.1) is 0 Å². The first-order valence-corrected chi connectivity index (χ1v) is 7.44. The lowest BCUT2D eigenvalue weighted by atomic mass is 10.1. The fourth-order valence-corrected chi connectivity index (χ4v) is 3.11. The molecule has 1 atom stereocenters. The van der Waals surface area contributed by atoms with Crippen LogP contribution in [0.5, 0.6) is 0 Å². The zero-order valence-electron chi connectivity index (χ0n) is 10.8. The fourth-order valence-electron chi connectivity index (χ4n) is 2.33. The molecule has 1 aliphatic heterocycles. The first-order chi connectivity index (χ1) is 9.09. The summed E-state index contributed by atoms with van der Waals surface area (Å²) in [6, 6.07) is 8.13. The Kier molecular flexibility index (Phi) is 4.47. The van der Waals surface area contributed by atoms with Gasteiger partial charge < -0.3 is 10.0 Å². The molecular formula is C14H17NO3S. The number of aliphatic carboxylic acids is 1. The molecule has 0 saturated heterocycles. The van der Waals surface area contributed by atoms with Crippen molar-refractivity contribution in [2.45, 2.75) is 25.8 Å². The third-order valence-electron chi connectivity index (χ3n) is 3.16. The van der Waals surface area contributed by atoms with E-state index in [4.69, 9.17) is 5.11 Å². The SMILES string of the molecule is CC1Cc2ccccc2N1C(=O)CSCCC(=O)O. The first kappa shape index (κ1) is 13.9. The van der Waals surface area contributed by atoms with Gasteiger partial charge in [-0.25, -0.2) is 0 Å². The third kappa shape index (κ3) is 3.29. The summed E-state index contributed by atoms with van der Waals surface area (Å²) < 4.78 is 0. The van der Waals surface area contributed by atoms with Crippen molar-refractivity contribution in [1.82, 2.24) is 0 Å². The zero-order chi connectivity index (χ0) is 13.8. The lowest BCUT2D eigenvalue weighted by Crippen LogP contribution is -2.37. The van der Waals surface area contributed by atoms with Crippen molar-refractivity contribution in [3.63, 3.8) is 0 Å². The van der Waals surface area contributed by atoms with E-state index < -0.39 is 5.97 Å². The number of carboxylic acid groups (broad SMARTS) is 1. The van der Waals surface area contributed by atoms with Crippen molar-refractivity contribution in [2.75, 3.05) is 16.4 Å². The normalized spacial score (nSPS) is 17.3. The summed E-state index contributed by atoms with van der Waals surface area (Å²) in [4.78, 5) is 24.5. The van der Waals surface area contributed by atoms with E-state index in [2.05, 4.69) is 6.07 Å². The van der Waals surface area contributed by atoms with Gasteiger partial charge in [0.25, 0.3) is 0 Å². The summed E-state index contributed by atoms with van der Waals surface area (Å²) in [5.74, 6) is 0.0596. The zero-order valence-corrected chi connectivity index (χ0v) is 11.7. The molecule has 0 radical (unpaired) electrons. The Bertz CT molecular complexity index is 489. The number of fused-ring (bicyclic) bond motifs is 1. The fraction of sp³-hybridized carbons (Fsp3) is 0.429. The van der Waals surface area contributed by atoms with Crippen LogP contribution in [-0.4, -0.2) is 34.5 Å². The van der Waals surface area contributed by atoms with Gasteiger partial charge in [-0.2, -0.15) is 11.8 Å². The maximum Gasteiger partial charge on any atom is 0.304 e. The second-order valence-corrected chi connectivity index (χ2v) is 5.75. The van der Waals surface area contributed by atoms with Gasteiger partial charge >= 0.3 is 5.97 Å². The van der Waals surface area contributed by atoms with Crippen LogP contribution in [0, 0.1) is 0 Å². The smallest absolute Gasteiger partial charge is 0.304 e. The number of carboxylic acids is 1. The molecule has 0 saturated carbocycles. The minimum Gasteiger partial charge on any atom is -0.481 e. The number of anilines is 1. The van der Waals surface area contributed by atoms with Crippen LogP contribution in [0.4, 0.5) is 5.69 Å². The molecule has 1 aromatic carbocycles. The summed E-state index contributed by atoms with van der Waals surface area (Å²) in [7, 11) is 0. The average molecular weight is 279 g/mol. The third-order valence-corrected chi connectivity index (χ3v) is 4.11. The van der Waals surface area contributed by atoms with E-state index in [9.17, 15) is 9.59 Å². The van der Waals surface area contributed by atoms with E-state index in [0.29, 0.717) is 11.5 Å². The van der Waals surface area contributed by atoms with Crippen molar-refractivity contribution in [1.29, 1.82) is 0 Å². The molecule has 1 aromatic rings. The number of benzene rings is 1. The molecule has 5 heteroatoms. The van der Waals surface area contributed by atoms with Crippen LogP contribution >= 0.6 is 11.8 Å². The molecule has 1 heterocycles. The molecule has 2 rings (SSSR count). The van der Waals surface area contributed by atoms with Crippen LogP contribution in [0.25, 0.3) is 0 Å². The van der Waals surface area contributed by atoms with Crippen LogP contribution in [-0.2, 0) is 16.0 Å². The van der Waals surface area contributed by atoms with Crippen LogP contribution in [0.1, 0.15) is 18.9 Å². The van der Waals surface area contributed by atoms with Crippen molar-refractivity contribution in [2.24, 2.45) is 0 Å². The second kappa shape index (κ2) is 6.10. The van der Waals surface area contributed by atoms with Crippen LogP contribution in [0.15, 0.2) is 24.3 Å². The molecule has 1 amide bonds. The lowest BCUT2D eigenvalue weighted by Gasteiger charge is -2.22. The number of nitrogens with zero attached hydrogens (tertiary/aromatic N) is 1. The lowest BCUT2D eigenvalue weighted by molar-refractivity contribution is -0.136. The van der Waals surface area contributed by atoms with Crippen LogP contribution in [0.2, 0.25) is 0 Å². The molecule has 1 N–H and O–H groups in total. The average Bonchev–Trinajstić information content (AvgIpc) is 2.70. The number of thioether (sulfide) groups is 1. The maximum atomic E-state index is 12.2. The predicted octanol–water partition coefficient (Wildman–Crippen LogP) is 2.17. The molecule has 1 unspecified atom stereocenters. The van der Waals surface area contributed by atoms with Gasteiger partial charge in [0.1, 0.15) is 0 Å². The van der Waals surface area contributed by atoms with Gasteiger partial charge in [-0.05, 0) is 25.0 Å². The minimum absolute atomic E-state index is 0.0628. The number of rotatable bonds is 5. The van der Waals surface area contributed by atoms with Crippen LogP contribution in [0.3, 0.4) is 0 Å². The monoisotopic (exact) mass is 279 g/mol. The van der Waals surface area contributed by atoms with Crippen molar-refractivity contribution >= 4 is 29.3 Å². The van der Waals surface area contributed by atoms with Gasteiger partial charge in [-0.1, -0.05) is 18.2 Å². The van der Waals surface area contributed by atoms with E-state index in [1.807, 2.05) is 30.0 Å². The molecule has 4 nitrogen and oxygen atoms in total. The summed E-state index contributed by atoms with van der Waals surface area (Å²) in [5.41, 5.74) is 2.21. The van der Waals surface area contributed by atoms with Crippen molar-refractivity contribution in [3.05, 3.63) is 29.8 Å². The Morgan fingerprint density at radius 3 is 2.89 bits per heavy atom. The number of carbonyl (C=O) groups is 2. The summed E-state index contributed by atoms with van der Waals surface area (Å²) in [6.07, 6.45) is 0.992. The minimum atomic E-state index is -0.820. The Morgan fingerprint density at radius 1 is 1.42 bits per heavy atom. The highest BCUT2D eigenvalue weighted by Crippen LogP contribution is 2.32. The van der Waals surface area contributed by atoms with Crippen molar-refractivity contribution < 1.29 is 14.7 Å². The van der Waals surface area contributed by atoms with Gasteiger partial charge in [0, 0.05) is 17.5 Å². The molecule has 19 heavy (non-hydrogen) atoms. The number of hydrogen-bond donors (Lipinski definition) is 1. The predicted molar refractivity (Wildman–Crippen MR) is 76.7 cm³/mol. The molecule has 0 aromatic heterocycles. The standard InChI is InChI=1S/C14H17NO3S/c1-10-8-11-4-2-3-5-12(11)15(10)13(16)9-19-7-6-14(17)18/h2-5,10H,6-9H2,1H3,(H,17,18). The van der Waals surface area contributed by atoms with Gasteiger partial charge in [0.05, 0.1) is 12.2 Å². The van der Waals surface area contributed by atoms with E-state index in [1.54, 1.807) is 0 Å². The van der Waals surface area contributed by atoms with Crippen molar-refractivity contribution in [3.8, 4) is 0 Å². The summed E-state index contributed by atoms with van der Waals surface area (Å²) >= 11 is 1.38. The molecule has 0 aliphatic carbocycles. The van der Waals surface area contributed by atoms with E-state index in [1.165, 1.54) is 17.3 Å². The molecule has 0 fully saturated rings. The van der Waals surface area contributed by atoms with Crippen LogP contribution < -0.4 is 4.90 Å². The summed E-state index contributed by atoms with van der Waals surface area (Å²) in [6.45, 7) is 2.04. The molecule has 102 valence electrons. The number of para-hydroxylation sites is 1. The Hall–Kier alpha value is -1.49. The highest BCUT2D eigenvalue weighted by atomic mass is 32.2. The quantitative estimate of drug-likeness (QED) is 0.839. The second-order valence-electron chi connectivity index (χ2n) is 4.64. The molecular weight excluding hydrogens is 262 g/mol. The number of amides is 1. The maximum absolute atomic E-state index is 12.2. The number of hydrogen-bond acceptors (Lipinski definition) is 3. The highest BCUT2D eigenvalue weighted by molar-refractivity contribution is 7.99. The van der Waals surface area contributed by atoms with E-state index in [0.717, 1.165) is 12.1 Å². The van der Waals surface area contributed by atoms with E-state index in [-0.39, 0.29) is 18.4 Å². The number of carbonyl (C=O) groups excluding carboxylic acids is 1. The molecule has 0 bridgehead atoms. The first-order valence-electron chi connectivity index (χ1n) is 6.29. The Balaban J connectivity index is 1.94. The topological polar surface area (TPSA) is 57.6 Å². The highest BCUT2D eigenvalue weighted by Gasteiger charge is 2.29. The largest absolute Gasteiger partial charge is 0.481 e. The molecule has 0 spiro atoms. The van der Waals surface area contributed by atoms with E-state index >= 15 is 0 Å². The Morgan fingerprint density at radius 2 is 2.16 bits per heavy atom. The van der Waals surface area contributed by atoms with Gasteiger partial charge in [0.2, 0.25) is 5.91 Å². The Labute approximate surface area is 116 Å². The van der Waals surface area contributed by atoms with Gasteiger partial charge in [-0.3, -0.25) is 9.59 Å². The molecule has 1 aliphatic rings. The van der Waals surface area contributed by atoms with Gasteiger partial charge in [0.15, 0.2) is 0 Å². The summed E-state index contributed by atoms with van der Waals surface area (Å²) in [5, 5.41) is 8.55.